The first kappa shape index (κ1) is 15.8. The van der Waals surface area contributed by atoms with Crippen molar-refractivity contribution in [3.8, 4) is 0 Å². The standard InChI is InChI=1S/C17H26N6O/c1-17(2)9-13(3-8-24-17)10-22-4-6-23(7-5-22)16-14-15(19-11-18-14)20-12-21-16/h11-13H,3-10H2,1-2H3,(H,18,19,20,21)/t13-/m0/s1. The Morgan fingerprint density at radius 2 is 2.04 bits per heavy atom. The van der Waals surface area contributed by atoms with Gasteiger partial charge in [-0.15, -0.1) is 0 Å². The van der Waals surface area contributed by atoms with Crippen LogP contribution in [0.2, 0.25) is 0 Å². The fourth-order valence-corrected chi connectivity index (χ4v) is 4.01. The molecule has 0 bridgehead atoms. The van der Waals surface area contributed by atoms with Crippen molar-refractivity contribution in [1.82, 2.24) is 24.8 Å². The molecule has 2 aromatic rings. The highest BCUT2D eigenvalue weighted by Gasteiger charge is 2.30. The molecule has 0 aliphatic carbocycles. The van der Waals surface area contributed by atoms with E-state index in [4.69, 9.17) is 4.74 Å². The number of imidazole rings is 1. The van der Waals surface area contributed by atoms with Gasteiger partial charge in [-0.2, -0.15) is 0 Å². The minimum atomic E-state index is 0.0396. The van der Waals surface area contributed by atoms with Crippen molar-refractivity contribution in [2.24, 2.45) is 5.92 Å². The molecule has 2 aliphatic rings. The number of aromatic amines is 1. The van der Waals surface area contributed by atoms with Gasteiger partial charge in [0.1, 0.15) is 11.8 Å². The summed E-state index contributed by atoms with van der Waals surface area (Å²) in [5, 5.41) is 0. The maximum absolute atomic E-state index is 5.84. The third kappa shape index (κ3) is 3.23. The van der Waals surface area contributed by atoms with Gasteiger partial charge in [-0.25, -0.2) is 15.0 Å². The van der Waals surface area contributed by atoms with Crippen molar-refractivity contribution in [2.75, 3.05) is 44.2 Å². The summed E-state index contributed by atoms with van der Waals surface area (Å²) < 4.78 is 5.84. The summed E-state index contributed by atoms with van der Waals surface area (Å²) in [6.07, 6.45) is 5.64. The Hall–Kier alpha value is -1.73. The van der Waals surface area contributed by atoms with Crippen LogP contribution in [0.15, 0.2) is 12.7 Å². The molecular formula is C17H26N6O. The Labute approximate surface area is 142 Å². The van der Waals surface area contributed by atoms with E-state index in [0.29, 0.717) is 0 Å². The molecule has 7 heteroatoms. The predicted molar refractivity (Wildman–Crippen MR) is 93.1 cm³/mol. The summed E-state index contributed by atoms with van der Waals surface area (Å²) in [6, 6.07) is 0. The van der Waals surface area contributed by atoms with Gasteiger partial charge in [0.05, 0.1) is 11.9 Å². The summed E-state index contributed by atoms with van der Waals surface area (Å²) in [4.78, 5) is 21.0. The fraction of sp³-hybridized carbons (Fsp3) is 0.706. The van der Waals surface area contributed by atoms with E-state index in [2.05, 4.69) is 43.6 Å². The highest BCUT2D eigenvalue weighted by atomic mass is 16.5. The molecule has 0 spiro atoms. The molecule has 24 heavy (non-hydrogen) atoms. The molecule has 0 aromatic carbocycles. The zero-order valence-corrected chi connectivity index (χ0v) is 14.5. The number of nitrogens with one attached hydrogen (secondary N) is 1. The number of aromatic nitrogens is 4. The molecule has 2 fully saturated rings. The Morgan fingerprint density at radius 3 is 2.83 bits per heavy atom. The van der Waals surface area contributed by atoms with Gasteiger partial charge >= 0.3 is 0 Å². The molecule has 2 aliphatic heterocycles. The van der Waals surface area contributed by atoms with Gasteiger partial charge in [-0.1, -0.05) is 0 Å². The maximum Gasteiger partial charge on any atom is 0.182 e. The summed E-state index contributed by atoms with van der Waals surface area (Å²) >= 11 is 0. The van der Waals surface area contributed by atoms with E-state index in [9.17, 15) is 0 Å². The first-order chi connectivity index (χ1) is 11.6. The minimum absolute atomic E-state index is 0.0396. The number of piperazine rings is 1. The normalized spacial score (nSPS) is 25.2. The van der Waals surface area contributed by atoms with Crippen molar-refractivity contribution in [2.45, 2.75) is 32.3 Å². The number of fused-ring (bicyclic) bond motifs is 1. The minimum Gasteiger partial charge on any atom is -0.376 e. The highest BCUT2D eigenvalue weighted by molar-refractivity contribution is 5.82. The number of hydrogen-bond acceptors (Lipinski definition) is 6. The molecule has 1 atom stereocenters. The van der Waals surface area contributed by atoms with E-state index in [1.165, 1.54) is 13.0 Å². The molecule has 2 saturated heterocycles. The SMILES string of the molecule is CC1(C)C[C@@H](CN2CCN(c3ncnc4nc[nH]c34)CC2)CCO1. The Balaban J connectivity index is 1.36. The Morgan fingerprint density at radius 1 is 1.21 bits per heavy atom. The molecule has 7 nitrogen and oxygen atoms in total. The van der Waals surface area contributed by atoms with Gasteiger partial charge in [0.15, 0.2) is 11.5 Å². The summed E-state index contributed by atoms with van der Waals surface area (Å²) in [5.74, 6) is 1.73. The summed E-state index contributed by atoms with van der Waals surface area (Å²) in [7, 11) is 0. The molecule has 0 saturated carbocycles. The van der Waals surface area contributed by atoms with Crippen LogP contribution in [0.4, 0.5) is 5.82 Å². The van der Waals surface area contributed by atoms with E-state index in [1.54, 1.807) is 12.7 Å². The molecule has 4 rings (SSSR count). The maximum atomic E-state index is 5.84. The first-order valence-corrected chi connectivity index (χ1v) is 8.86. The van der Waals surface area contributed by atoms with Crippen molar-refractivity contribution >= 4 is 17.0 Å². The molecule has 0 amide bonds. The lowest BCUT2D eigenvalue weighted by Crippen LogP contribution is -2.49. The fourth-order valence-electron chi connectivity index (χ4n) is 4.01. The van der Waals surface area contributed by atoms with Crippen molar-refractivity contribution in [3.63, 3.8) is 0 Å². The van der Waals surface area contributed by atoms with Gasteiger partial charge in [0.2, 0.25) is 0 Å². The molecule has 1 N–H and O–H groups in total. The van der Waals surface area contributed by atoms with Crippen LogP contribution in [0.25, 0.3) is 11.2 Å². The second-order valence-corrected chi connectivity index (χ2v) is 7.55. The van der Waals surface area contributed by atoms with Gasteiger partial charge in [0, 0.05) is 39.3 Å². The van der Waals surface area contributed by atoms with Crippen LogP contribution >= 0.6 is 0 Å². The van der Waals surface area contributed by atoms with E-state index in [-0.39, 0.29) is 5.60 Å². The van der Waals surface area contributed by atoms with Gasteiger partial charge in [0.25, 0.3) is 0 Å². The zero-order valence-electron chi connectivity index (χ0n) is 14.5. The third-order valence-electron chi connectivity index (χ3n) is 5.19. The molecular weight excluding hydrogens is 304 g/mol. The van der Waals surface area contributed by atoms with Crippen LogP contribution in [-0.4, -0.2) is 69.8 Å². The molecule has 0 radical (unpaired) electrons. The van der Waals surface area contributed by atoms with Crippen LogP contribution in [0.5, 0.6) is 0 Å². The predicted octanol–water partition coefficient (Wildman–Crippen LogP) is 1.68. The van der Waals surface area contributed by atoms with E-state index in [1.807, 2.05) is 0 Å². The van der Waals surface area contributed by atoms with Crippen LogP contribution < -0.4 is 4.90 Å². The number of nitrogens with zero attached hydrogens (tertiary/aromatic N) is 5. The van der Waals surface area contributed by atoms with Gasteiger partial charge in [-0.3, -0.25) is 4.90 Å². The molecule has 4 heterocycles. The van der Waals surface area contributed by atoms with Crippen molar-refractivity contribution < 1.29 is 4.74 Å². The van der Waals surface area contributed by atoms with E-state index < -0.39 is 0 Å². The highest BCUT2D eigenvalue weighted by Crippen LogP contribution is 2.29. The van der Waals surface area contributed by atoms with Crippen LogP contribution in [0, 0.1) is 5.92 Å². The lowest BCUT2D eigenvalue weighted by Gasteiger charge is -2.40. The Kier molecular flexibility index (Phi) is 4.14. The van der Waals surface area contributed by atoms with E-state index >= 15 is 0 Å². The Bertz CT molecular complexity index is 691. The molecule has 0 unspecified atom stereocenters. The second kappa shape index (κ2) is 6.29. The lowest BCUT2D eigenvalue weighted by atomic mass is 9.88. The smallest absolute Gasteiger partial charge is 0.182 e. The largest absolute Gasteiger partial charge is 0.376 e. The molecule has 2 aromatic heterocycles. The number of anilines is 1. The monoisotopic (exact) mass is 330 g/mol. The molecule has 130 valence electrons. The number of H-pyrrole nitrogens is 1. The number of ether oxygens (including phenoxy) is 1. The van der Waals surface area contributed by atoms with Crippen molar-refractivity contribution in [3.05, 3.63) is 12.7 Å². The van der Waals surface area contributed by atoms with Crippen LogP contribution in [0.1, 0.15) is 26.7 Å². The van der Waals surface area contributed by atoms with Crippen LogP contribution in [-0.2, 0) is 4.74 Å². The third-order valence-corrected chi connectivity index (χ3v) is 5.19. The summed E-state index contributed by atoms with van der Waals surface area (Å²) in [6.45, 7) is 10.7. The average molecular weight is 330 g/mol. The second-order valence-electron chi connectivity index (χ2n) is 7.55. The average Bonchev–Trinajstić information content (AvgIpc) is 3.03. The van der Waals surface area contributed by atoms with Gasteiger partial charge < -0.3 is 14.6 Å². The topological polar surface area (TPSA) is 70.2 Å². The van der Waals surface area contributed by atoms with E-state index in [0.717, 1.165) is 62.1 Å². The van der Waals surface area contributed by atoms with Crippen molar-refractivity contribution in [1.29, 1.82) is 0 Å². The number of hydrogen-bond donors (Lipinski definition) is 1. The zero-order chi connectivity index (χ0) is 16.6. The number of rotatable bonds is 3. The van der Waals surface area contributed by atoms with Gasteiger partial charge in [-0.05, 0) is 32.6 Å². The van der Waals surface area contributed by atoms with Crippen LogP contribution in [0.3, 0.4) is 0 Å². The first-order valence-electron chi connectivity index (χ1n) is 8.86. The quantitative estimate of drug-likeness (QED) is 0.923. The lowest BCUT2D eigenvalue weighted by molar-refractivity contribution is -0.0769. The summed E-state index contributed by atoms with van der Waals surface area (Å²) in [5.41, 5.74) is 1.72.